The van der Waals surface area contributed by atoms with E-state index in [0.717, 1.165) is 11.8 Å². The van der Waals surface area contributed by atoms with E-state index >= 15 is 0 Å². The van der Waals surface area contributed by atoms with Gasteiger partial charge in [0.05, 0.1) is 25.6 Å². The van der Waals surface area contributed by atoms with Crippen molar-refractivity contribution in [3.05, 3.63) is 42.1 Å². The summed E-state index contributed by atoms with van der Waals surface area (Å²) in [5, 5.41) is 4.02. The van der Waals surface area contributed by atoms with Crippen molar-refractivity contribution in [3.63, 3.8) is 0 Å². The lowest BCUT2D eigenvalue weighted by molar-refractivity contribution is 0.122. The SMILES string of the molecule is Fc1cnc(N/N=C/c2cccnc2)nc1N1CCOCC1. The summed E-state index contributed by atoms with van der Waals surface area (Å²) in [6.07, 6.45) is 6.09. The van der Waals surface area contributed by atoms with Crippen molar-refractivity contribution in [2.45, 2.75) is 0 Å². The molecule has 1 aliphatic heterocycles. The highest BCUT2D eigenvalue weighted by Gasteiger charge is 2.17. The van der Waals surface area contributed by atoms with E-state index in [4.69, 9.17) is 4.74 Å². The van der Waals surface area contributed by atoms with Gasteiger partial charge in [0.15, 0.2) is 11.6 Å². The van der Waals surface area contributed by atoms with Gasteiger partial charge in [0.1, 0.15) is 0 Å². The fraction of sp³-hybridized carbons (Fsp3) is 0.286. The molecule has 0 atom stereocenters. The number of hydrogen-bond donors (Lipinski definition) is 1. The van der Waals surface area contributed by atoms with Gasteiger partial charge in [0, 0.05) is 31.0 Å². The van der Waals surface area contributed by atoms with Gasteiger partial charge in [0.25, 0.3) is 0 Å². The zero-order valence-electron chi connectivity index (χ0n) is 11.8. The Morgan fingerprint density at radius 3 is 2.95 bits per heavy atom. The number of rotatable bonds is 4. The topological polar surface area (TPSA) is 75.5 Å². The molecule has 22 heavy (non-hydrogen) atoms. The number of hydrazone groups is 1. The minimum absolute atomic E-state index is 0.239. The summed E-state index contributed by atoms with van der Waals surface area (Å²) in [5.41, 5.74) is 3.53. The first kappa shape index (κ1) is 14.3. The van der Waals surface area contributed by atoms with Crippen molar-refractivity contribution in [1.82, 2.24) is 15.0 Å². The van der Waals surface area contributed by atoms with Crippen LogP contribution in [0.3, 0.4) is 0 Å². The van der Waals surface area contributed by atoms with Crippen molar-refractivity contribution in [1.29, 1.82) is 0 Å². The molecule has 1 saturated heterocycles. The molecule has 3 rings (SSSR count). The van der Waals surface area contributed by atoms with E-state index in [2.05, 4.69) is 25.5 Å². The highest BCUT2D eigenvalue weighted by atomic mass is 19.1. The summed E-state index contributed by atoms with van der Waals surface area (Å²) in [7, 11) is 0. The average molecular weight is 302 g/mol. The van der Waals surface area contributed by atoms with E-state index in [-0.39, 0.29) is 11.8 Å². The fourth-order valence-corrected chi connectivity index (χ4v) is 2.03. The molecule has 0 amide bonds. The Kier molecular flexibility index (Phi) is 4.50. The normalized spacial score (nSPS) is 15.2. The van der Waals surface area contributed by atoms with E-state index < -0.39 is 5.82 Å². The van der Waals surface area contributed by atoms with Crippen LogP contribution in [0.4, 0.5) is 16.2 Å². The molecule has 1 N–H and O–H groups in total. The van der Waals surface area contributed by atoms with Crippen LogP contribution in [0.25, 0.3) is 0 Å². The molecular formula is C14H15FN6O. The van der Waals surface area contributed by atoms with Gasteiger partial charge in [-0.15, -0.1) is 0 Å². The van der Waals surface area contributed by atoms with Crippen molar-refractivity contribution >= 4 is 18.0 Å². The molecule has 0 aliphatic carbocycles. The van der Waals surface area contributed by atoms with Crippen LogP contribution in [-0.2, 0) is 4.74 Å². The summed E-state index contributed by atoms with van der Waals surface area (Å²) in [6.45, 7) is 2.33. The fourth-order valence-electron chi connectivity index (χ4n) is 2.03. The van der Waals surface area contributed by atoms with Crippen molar-refractivity contribution < 1.29 is 9.13 Å². The molecule has 0 unspecified atom stereocenters. The highest BCUT2D eigenvalue weighted by molar-refractivity contribution is 5.79. The molecule has 7 nitrogen and oxygen atoms in total. The molecule has 0 radical (unpaired) electrons. The van der Waals surface area contributed by atoms with Crippen LogP contribution < -0.4 is 10.3 Å². The van der Waals surface area contributed by atoms with Crippen LogP contribution in [0.5, 0.6) is 0 Å². The molecule has 1 aliphatic rings. The largest absolute Gasteiger partial charge is 0.378 e. The van der Waals surface area contributed by atoms with Crippen molar-refractivity contribution in [2.24, 2.45) is 5.10 Å². The molecule has 3 heterocycles. The van der Waals surface area contributed by atoms with Crippen LogP contribution in [0.15, 0.2) is 35.8 Å². The molecule has 2 aromatic rings. The molecule has 0 saturated carbocycles. The maximum Gasteiger partial charge on any atom is 0.245 e. The smallest absolute Gasteiger partial charge is 0.245 e. The number of nitrogens with zero attached hydrogens (tertiary/aromatic N) is 5. The van der Waals surface area contributed by atoms with E-state index in [9.17, 15) is 4.39 Å². The van der Waals surface area contributed by atoms with Gasteiger partial charge < -0.3 is 9.64 Å². The number of morpholine rings is 1. The number of ether oxygens (including phenoxy) is 1. The Labute approximate surface area is 126 Å². The lowest BCUT2D eigenvalue weighted by atomic mass is 10.3. The van der Waals surface area contributed by atoms with Crippen molar-refractivity contribution in [3.8, 4) is 0 Å². The molecule has 8 heteroatoms. The third-order valence-electron chi connectivity index (χ3n) is 3.10. The summed E-state index contributed by atoms with van der Waals surface area (Å²) < 4.78 is 19.1. The van der Waals surface area contributed by atoms with Gasteiger partial charge in [0.2, 0.25) is 5.95 Å². The minimum Gasteiger partial charge on any atom is -0.378 e. The highest BCUT2D eigenvalue weighted by Crippen LogP contribution is 2.18. The first-order valence-corrected chi connectivity index (χ1v) is 6.87. The maximum absolute atomic E-state index is 13.9. The molecule has 0 aromatic carbocycles. The average Bonchev–Trinajstić information content (AvgIpc) is 2.58. The standard InChI is InChI=1S/C14H15FN6O/c15-12-10-17-14(19-13(12)21-4-6-22-7-5-21)20-18-9-11-2-1-3-16-8-11/h1-3,8-10H,4-7H2,(H,17,19,20)/b18-9+. The first-order valence-electron chi connectivity index (χ1n) is 6.87. The van der Waals surface area contributed by atoms with E-state index in [1.165, 1.54) is 0 Å². The summed E-state index contributed by atoms with van der Waals surface area (Å²) >= 11 is 0. The molecule has 114 valence electrons. The number of anilines is 2. The van der Waals surface area contributed by atoms with E-state index in [1.807, 2.05) is 17.0 Å². The Bertz CT molecular complexity index is 645. The minimum atomic E-state index is -0.455. The van der Waals surface area contributed by atoms with Crippen LogP contribution in [0.2, 0.25) is 0 Å². The van der Waals surface area contributed by atoms with Crippen LogP contribution in [0.1, 0.15) is 5.56 Å². The maximum atomic E-state index is 13.9. The first-order chi connectivity index (χ1) is 10.8. The number of halogens is 1. The monoisotopic (exact) mass is 302 g/mol. The number of hydrogen-bond acceptors (Lipinski definition) is 7. The third-order valence-corrected chi connectivity index (χ3v) is 3.10. The number of pyridine rings is 1. The molecule has 2 aromatic heterocycles. The second kappa shape index (κ2) is 6.90. The second-order valence-electron chi connectivity index (χ2n) is 4.62. The Hall–Kier alpha value is -2.61. The van der Waals surface area contributed by atoms with Crippen molar-refractivity contribution in [2.75, 3.05) is 36.6 Å². The zero-order chi connectivity index (χ0) is 15.2. The van der Waals surface area contributed by atoms with E-state index in [1.54, 1.807) is 18.6 Å². The second-order valence-corrected chi connectivity index (χ2v) is 4.62. The lowest BCUT2D eigenvalue weighted by Gasteiger charge is -2.27. The predicted molar refractivity (Wildman–Crippen MR) is 80.5 cm³/mol. The summed E-state index contributed by atoms with van der Waals surface area (Å²) in [4.78, 5) is 13.9. The van der Waals surface area contributed by atoms with Crippen LogP contribution in [0, 0.1) is 5.82 Å². The van der Waals surface area contributed by atoms with Crippen LogP contribution in [-0.4, -0.2) is 47.5 Å². The Morgan fingerprint density at radius 1 is 1.32 bits per heavy atom. The molecule has 0 bridgehead atoms. The predicted octanol–water partition coefficient (Wildman–Crippen LogP) is 1.29. The number of nitrogens with one attached hydrogen (secondary N) is 1. The number of aromatic nitrogens is 3. The summed E-state index contributed by atoms with van der Waals surface area (Å²) in [6, 6.07) is 3.68. The van der Waals surface area contributed by atoms with Gasteiger partial charge >= 0.3 is 0 Å². The van der Waals surface area contributed by atoms with Gasteiger partial charge in [-0.25, -0.2) is 14.8 Å². The van der Waals surface area contributed by atoms with Gasteiger partial charge in [-0.2, -0.15) is 10.1 Å². The Balaban J connectivity index is 1.70. The quantitative estimate of drug-likeness (QED) is 0.677. The molecule has 0 spiro atoms. The third kappa shape index (κ3) is 3.53. The van der Waals surface area contributed by atoms with Gasteiger partial charge in [-0.1, -0.05) is 6.07 Å². The van der Waals surface area contributed by atoms with Gasteiger partial charge in [-0.3, -0.25) is 4.98 Å². The Morgan fingerprint density at radius 2 is 2.18 bits per heavy atom. The zero-order valence-corrected chi connectivity index (χ0v) is 11.8. The van der Waals surface area contributed by atoms with Crippen LogP contribution >= 0.6 is 0 Å². The van der Waals surface area contributed by atoms with Gasteiger partial charge in [-0.05, 0) is 6.07 Å². The molecule has 1 fully saturated rings. The van der Waals surface area contributed by atoms with E-state index in [0.29, 0.717) is 26.3 Å². The summed E-state index contributed by atoms with van der Waals surface area (Å²) in [5.74, 6) is 0.0455. The molecular weight excluding hydrogens is 287 g/mol. The lowest BCUT2D eigenvalue weighted by Crippen LogP contribution is -2.37.